The molecule has 176 valence electrons. The molecule has 1 aromatic carbocycles. The van der Waals surface area contributed by atoms with Gasteiger partial charge >= 0.3 is 6.18 Å². The van der Waals surface area contributed by atoms with Crippen molar-refractivity contribution in [2.24, 2.45) is 0 Å². The maximum atomic E-state index is 14.4. The number of benzene rings is 1. The average molecular weight is 455 g/mol. The number of fused-ring (bicyclic) bond motifs is 2. The van der Waals surface area contributed by atoms with Crippen LogP contribution in [-0.2, 0) is 23.9 Å². The zero-order valence-corrected chi connectivity index (χ0v) is 18.3. The van der Waals surface area contributed by atoms with Crippen molar-refractivity contribution in [2.45, 2.75) is 50.6 Å². The summed E-state index contributed by atoms with van der Waals surface area (Å²) in [5.74, 6) is -0.979. The first-order valence-electron chi connectivity index (χ1n) is 10.6. The first kappa shape index (κ1) is 22.8. The Morgan fingerprint density at radius 1 is 1.06 bits per heavy atom. The number of likely N-dealkylation sites (N-methyl/N-ethyl adjacent to an activating group) is 1. The molecule has 3 heterocycles. The number of hydrogen-bond donors (Lipinski definition) is 1. The Labute approximate surface area is 185 Å². The molecule has 1 fully saturated rings. The van der Waals surface area contributed by atoms with E-state index in [0.29, 0.717) is 38.2 Å². The van der Waals surface area contributed by atoms with Crippen LogP contribution in [0, 0.1) is 5.82 Å². The summed E-state index contributed by atoms with van der Waals surface area (Å²) >= 11 is 0. The van der Waals surface area contributed by atoms with Crippen LogP contribution in [0.15, 0.2) is 30.3 Å². The quantitative estimate of drug-likeness (QED) is 0.691. The van der Waals surface area contributed by atoms with E-state index in [1.165, 1.54) is 30.5 Å². The van der Waals surface area contributed by atoms with E-state index >= 15 is 0 Å². The number of alkyl halides is 3. The third kappa shape index (κ3) is 3.71. The van der Waals surface area contributed by atoms with Crippen molar-refractivity contribution in [1.82, 2.24) is 14.4 Å². The summed E-state index contributed by atoms with van der Waals surface area (Å²) in [4.78, 5) is 16.7. The minimum Gasteiger partial charge on any atom is -0.386 e. The highest BCUT2D eigenvalue weighted by atomic mass is 19.4. The average Bonchev–Trinajstić information content (AvgIpc) is 3.15. The van der Waals surface area contributed by atoms with E-state index in [0.717, 1.165) is 12.1 Å². The molecule has 5 nitrogen and oxygen atoms in total. The van der Waals surface area contributed by atoms with Crippen molar-refractivity contribution in [3.05, 3.63) is 58.7 Å². The van der Waals surface area contributed by atoms with Crippen LogP contribution < -0.4 is 0 Å². The predicted octanol–water partition coefficient (Wildman–Crippen LogP) is 4.20. The highest BCUT2D eigenvalue weighted by molar-refractivity contribution is 5.94. The molecule has 0 saturated carbocycles. The summed E-state index contributed by atoms with van der Waals surface area (Å²) in [6.45, 7) is 4.40. The summed E-state index contributed by atoms with van der Waals surface area (Å²) in [6, 6.07) is 6.74. The fraction of sp³-hybridized carbons (Fsp3) is 0.522. The molecule has 2 aliphatic rings. The van der Waals surface area contributed by atoms with Gasteiger partial charge < -0.3 is 14.6 Å². The Morgan fingerprint density at radius 3 is 2.28 bits per heavy atom. The molecule has 0 radical (unpaired) electrons. The van der Waals surface area contributed by atoms with Gasteiger partial charge in [-0.15, -0.1) is 0 Å². The van der Waals surface area contributed by atoms with Gasteiger partial charge in [0.25, 0.3) is 5.91 Å². The SMILES string of the molecule is CN1CCn2c(C(F)(F)F)ccc2C12CCN(C(=O)c1ccc(C(C)(C)O)c(F)c1)CC2.[HH]. The van der Waals surface area contributed by atoms with Gasteiger partial charge in [0.1, 0.15) is 11.5 Å². The maximum absolute atomic E-state index is 14.4. The molecule has 1 saturated heterocycles. The summed E-state index contributed by atoms with van der Waals surface area (Å²) in [5, 5.41) is 10.0. The molecule has 0 aliphatic carbocycles. The lowest BCUT2D eigenvalue weighted by molar-refractivity contribution is -0.144. The number of aromatic nitrogens is 1. The predicted molar refractivity (Wildman–Crippen MR) is 113 cm³/mol. The summed E-state index contributed by atoms with van der Waals surface area (Å²) in [5.41, 5.74) is -1.65. The highest BCUT2D eigenvalue weighted by Crippen LogP contribution is 2.44. The maximum Gasteiger partial charge on any atom is 0.431 e. The largest absolute Gasteiger partial charge is 0.431 e. The molecule has 4 rings (SSSR count). The number of aliphatic hydroxyl groups is 1. The number of carbonyl (C=O) groups excluding carboxylic acids is 1. The zero-order chi connectivity index (χ0) is 23.5. The molecule has 0 unspecified atom stereocenters. The number of nitrogens with zero attached hydrogens (tertiary/aromatic N) is 3. The van der Waals surface area contributed by atoms with Gasteiger partial charge in [0.05, 0.1) is 11.1 Å². The molecule has 32 heavy (non-hydrogen) atoms. The smallest absolute Gasteiger partial charge is 0.386 e. The molecular weight excluding hydrogens is 426 g/mol. The number of piperidine rings is 1. The Balaban J connectivity index is 0.00000306. The minimum absolute atomic E-state index is 0. The Hall–Kier alpha value is -2.39. The van der Waals surface area contributed by atoms with Gasteiger partial charge in [0.15, 0.2) is 0 Å². The van der Waals surface area contributed by atoms with Gasteiger partial charge in [-0.3, -0.25) is 9.69 Å². The lowest BCUT2D eigenvalue weighted by Gasteiger charge is -2.50. The lowest BCUT2D eigenvalue weighted by Crippen LogP contribution is -2.56. The van der Waals surface area contributed by atoms with Crippen molar-refractivity contribution >= 4 is 5.91 Å². The standard InChI is InChI=1S/C23H27F4N3O2.H2/c1-21(2,32)16-5-4-15(14-17(16)24)20(31)29-10-8-22(9-11-29)18-6-7-19(23(25,26)27)30(18)13-12-28(22)3;/h4-7,14,32H,8-13H2,1-3H3;1H. The van der Waals surface area contributed by atoms with E-state index < -0.39 is 28.8 Å². The normalized spacial score (nSPS) is 19.3. The van der Waals surface area contributed by atoms with Gasteiger partial charge in [0, 0.05) is 44.4 Å². The van der Waals surface area contributed by atoms with Crippen molar-refractivity contribution in [3.63, 3.8) is 0 Å². The van der Waals surface area contributed by atoms with Crippen LogP contribution in [-0.4, -0.2) is 52.1 Å². The van der Waals surface area contributed by atoms with E-state index in [1.54, 1.807) is 11.0 Å². The lowest BCUT2D eigenvalue weighted by atomic mass is 9.81. The molecule has 0 bridgehead atoms. The van der Waals surface area contributed by atoms with Crippen LogP contribution in [0.4, 0.5) is 17.6 Å². The van der Waals surface area contributed by atoms with Crippen LogP contribution >= 0.6 is 0 Å². The molecule has 9 heteroatoms. The van der Waals surface area contributed by atoms with Crippen LogP contribution in [0.1, 0.15) is 55.4 Å². The molecule has 0 atom stereocenters. The van der Waals surface area contributed by atoms with E-state index in [2.05, 4.69) is 4.90 Å². The van der Waals surface area contributed by atoms with Gasteiger partial charge in [-0.25, -0.2) is 4.39 Å². The number of rotatable bonds is 2. The Kier molecular flexibility index (Phi) is 5.40. The second kappa shape index (κ2) is 7.59. The number of halogens is 4. The molecule has 1 amide bonds. The van der Waals surface area contributed by atoms with Crippen LogP contribution in [0.5, 0.6) is 0 Å². The highest BCUT2D eigenvalue weighted by Gasteiger charge is 2.47. The van der Waals surface area contributed by atoms with E-state index in [4.69, 9.17) is 0 Å². The van der Waals surface area contributed by atoms with Gasteiger partial charge in [-0.1, -0.05) is 6.07 Å². The molecular formula is C23H29F4N3O2. The van der Waals surface area contributed by atoms with Crippen molar-refractivity contribution in [2.75, 3.05) is 26.7 Å². The van der Waals surface area contributed by atoms with Crippen LogP contribution in [0.2, 0.25) is 0 Å². The Morgan fingerprint density at radius 2 is 1.72 bits per heavy atom. The van der Waals surface area contributed by atoms with Crippen LogP contribution in [0.25, 0.3) is 0 Å². The number of likely N-dealkylation sites (tertiary alicyclic amines) is 1. The monoisotopic (exact) mass is 455 g/mol. The molecule has 2 aromatic rings. The summed E-state index contributed by atoms with van der Waals surface area (Å²) in [6.07, 6.45) is -3.44. The fourth-order valence-corrected chi connectivity index (χ4v) is 5.07. The molecule has 2 aliphatic heterocycles. The van der Waals surface area contributed by atoms with Crippen LogP contribution in [0.3, 0.4) is 0 Å². The number of amides is 1. The van der Waals surface area contributed by atoms with Crippen molar-refractivity contribution in [1.29, 1.82) is 0 Å². The van der Waals surface area contributed by atoms with Gasteiger partial charge in [0.2, 0.25) is 0 Å². The van der Waals surface area contributed by atoms with Crippen molar-refractivity contribution < 1.29 is 28.9 Å². The second-order valence-electron chi connectivity index (χ2n) is 9.25. The van der Waals surface area contributed by atoms with Gasteiger partial charge in [-0.05, 0) is 58.0 Å². The number of carbonyl (C=O) groups is 1. The fourth-order valence-electron chi connectivity index (χ4n) is 5.07. The first-order chi connectivity index (χ1) is 14.8. The second-order valence-corrected chi connectivity index (χ2v) is 9.25. The minimum atomic E-state index is -4.41. The third-order valence-corrected chi connectivity index (χ3v) is 6.89. The summed E-state index contributed by atoms with van der Waals surface area (Å²) < 4.78 is 56.1. The first-order valence-corrected chi connectivity index (χ1v) is 10.6. The summed E-state index contributed by atoms with van der Waals surface area (Å²) in [7, 11) is 1.91. The van der Waals surface area contributed by atoms with Gasteiger partial charge in [-0.2, -0.15) is 13.2 Å². The zero-order valence-electron chi connectivity index (χ0n) is 18.3. The van der Waals surface area contributed by atoms with E-state index in [9.17, 15) is 27.5 Å². The van der Waals surface area contributed by atoms with E-state index in [-0.39, 0.29) is 25.0 Å². The van der Waals surface area contributed by atoms with E-state index in [1.807, 2.05) is 7.05 Å². The Bertz CT molecular complexity index is 1040. The topological polar surface area (TPSA) is 48.7 Å². The number of hydrogen-bond acceptors (Lipinski definition) is 3. The molecule has 1 N–H and O–H groups in total. The third-order valence-electron chi connectivity index (χ3n) is 6.89. The molecule has 1 spiro atoms. The van der Waals surface area contributed by atoms with Crippen molar-refractivity contribution in [3.8, 4) is 0 Å². The molecule has 1 aromatic heterocycles.